The average Bonchev–Trinajstić information content (AvgIpc) is 3.13. The second-order valence-corrected chi connectivity index (χ2v) is 7.57. The maximum atomic E-state index is 13.9. The number of aromatic amines is 1. The van der Waals surface area contributed by atoms with Gasteiger partial charge >= 0.3 is 0 Å². The largest absolute Gasteiger partial charge is 0.481 e. The number of hydrogen-bond acceptors (Lipinski definition) is 3. The summed E-state index contributed by atoms with van der Waals surface area (Å²) in [5.74, 6) is -2.57. The Kier molecular flexibility index (Phi) is 6.97. The summed E-state index contributed by atoms with van der Waals surface area (Å²) >= 11 is 0. The monoisotopic (exact) mass is 426 g/mol. The van der Waals surface area contributed by atoms with Crippen LogP contribution in [0.5, 0.6) is 0 Å². The van der Waals surface area contributed by atoms with Crippen molar-refractivity contribution in [3.63, 3.8) is 0 Å². The number of Topliss-reactive ketones (excluding diaryl/α,β-unsaturated/α-hetero) is 1. The molecule has 2 N–H and O–H groups in total. The van der Waals surface area contributed by atoms with Gasteiger partial charge in [-0.15, -0.1) is 0 Å². The molecule has 5 nitrogen and oxygen atoms in total. The van der Waals surface area contributed by atoms with Crippen LogP contribution in [0.3, 0.4) is 0 Å². The van der Waals surface area contributed by atoms with Gasteiger partial charge in [0.1, 0.15) is 11.6 Å². The lowest BCUT2D eigenvalue weighted by molar-refractivity contribution is -0.134. The van der Waals surface area contributed by atoms with E-state index < -0.39 is 23.4 Å². The van der Waals surface area contributed by atoms with Gasteiger partial charge in [0.15, 0.2) is 5.78 Å². The first kappa shape index (κ1) is 22.4. The molecular weight excluding hydrogens is 402 g/mol. The van der Waals surface area contributed by atoms with Crippen LogP contribution in [-0.2, 0) is 11.2 Å². The lowest BCUT2D eigenvalue weighted by Crippen LogP contribution is -2.23. The van der Waals surface area contributed by atoms with Crippen molar-refractivity contribution in [3.8, 4) is 0 Å². The zero-order valence-electron chi connectivity index (χ0n) is 17.4. The highest BCUT2D eigenvalue weighted by Gasteiger charge is 2.16. The minimum Gasteiger partial charge on any atom is -0.481 e. The Morgan fingerprint density at radius 2 is 1.90 bits per heavy atom. The van der Waals surface area contributed by atoms with Gasteiger partial charge in [0.25, 0.3) is 5.97 Å². The molecule has 0 radical (unpaired) electrons. The standard InChI is InChI=1S/C22H20F2N2O.C2H4O2/c1-26-8-6-15(7-9-26)19-13-25-21-5-2-14(10-17(19)21)11-22(27)18-12-16(23)3-4-20(18)24;1-2(3)4/h2-6,10,12-13,25H,7-9,11H2,1H3;1H3,(H,3,4). The van der Waals surface area contributed by atoms with Gasteiger partial charge in [0.2, 0.25) is 0 Å². The minimum atomic E-state index is -0.833. The molecule has 7 heteroatoms. The first-order valence-electron chi connectivity index (χ1n) is 9.90. The first-order chi connectivity index (χ1) is 14.7. The SMILES string of the molecule is CC(=O)O.CN1CC=C(c2c[nH]c3ccc(CC(=O)c4cc(F)ccc4F)cc23)CC1. The third-order valence-electron chi connectivity index (χ3n) is 5.10. The Morgan fingerprint density at radius 3 is 2.58 bits per heavy atom. The van der Waals surface area contributed by atoms with Gasteiger partial charge in [-0.1, -0.05) is 12.1 Å². The van der Waals surface area contributed by atoms with Crippen LogP contribution in [0, 0.1) is 11.6 Å². The summed E-state index contributed by atoms with van der Waals surface area (Å²) in [6.07, 6.45) is 5.23. The minimum absolute atomic E-state index is 0.0305. The number of carboxylic acid groups (broad SMARTS) is 1. The van der Waals surface area contributed by atoms with E-state index in [1.54, 1.807) is 0 Å². The fourth-order valence-corrected chi connectivity index (χ4v) is 3.55. The smallest absolute Gasteiger partial charge is 0.300 e. The van der Waals surface area contributed by atoms with Crippen LogP contribution in [0.15, 0.2) is 48.7 Å². The van der Waals surface area contributed by atoms with Crippen molar-refractivity contribution in [3.05, 3.63) is 77.0 Å². The van der Waals surface area contributed by atoms with Gasteiger partial charge < -0.3 is 15.0 Å². The predicted molar refractivity (Wildman–Crippen MR) is 116 cm³/mol. The third kappa shape index (κ3) is 5.64. The van der Waals surface area contributed by atoms with Crippen LogP contribution in [0.2, 0.25) is 0 Å². The van der Waals surface area contributed by atoms with Crippen molar-refractivity contribution in [2.45, 2.75) is 19.8 Å². The molecule has 3 aromatic rings. The van der Waals surface area contributed by atoms with Crippen molar-refractivity contribution in [1.29, 1.82) is 0 Å². The molecule has 0 atom stereocenters. The molecule has 0 amide bonds. The number of halogens is 2. The Bertz CT molecular complexity index is 1150. The zero-order chi connectivity index (χ0) is 22.5. The molecule has 4 rings (SSSR count). The van der Waals surface area contributed by atoms with E-state index in [1.807, 2.05) is 24.4 Å². The summed E-state index contributed by atoms with van der Waals surface area (Å²) in [7, 11) is 2.10. The van der Waals surface area contributed by atoms with Crippen molar-refractivity contribution in [2.75, 3.05) is 20.1 Å². The number of aliphatic carboxylic acids is 1. The number of carboxylic acids is 1. The molecule has 0 aliphatic carbocycles. The second-order valence-electron chi connectivity index (χ2n) is 7.57. The number of ketones is 1. The molecule has 2 heterocycles. The maximum absolute atomic E-state index is 13.9. The number of carbonyl (C=O) groups excluding carboxylic acids is 1. The number of aromatic nitrogens is 1. The molecule has 0 saturated heterocycles. The van der Waals surface area contributed by atoms with Gasteiger partial charge in [0, 0.05) is 49.1 Å². The summed E-state index contributed by atoms with van der Waals surface area (Å²) in [5, 5.41) is 8.47. The number of nitrogens with zero attached hydrogens (tertiary/aromatic N) is 1. The van der Waals surface area contributed by atoms with Crippen molar-refractivity contribution < 1.29 is 23.5 Å². The maximum Gasteiger partial charge on any atom is 0.300 e. The van der Waals surface area contributed by atoms with Gasteiger partial charge in [0.05, 0.1) is 5.56 Å². The highest BCUT2D eigenvalue weighted by molar-refractivity contribution is 5.99. The molecule has 2 aromatic carbocycles. The van der Waals surface area contributed by atoms with Gasteiger partial charge in [-0.2, -0.15) is 0 Å². The van der Waals surface area contributed by atoms with E-state index in [1.165, 1.54) is 5.57 Å². The Morgan fingerprint density at radius 1 is 1.16 bits per heavy atom. The molecule has 1 aromatic heterocycles. The molecular formula is C24H24F2N2O3. The normalized spacial score (nSPS) is 14.0. The number of carbonyl (C=O) groups is 2. The van der Waals surface area contributed by atoms with E-state index in [-0.39, 0.29) is 12.0 Å². The van der Waals surface area contributed by atoms with E-state index >= 15 is 0 Å². The predicted octanol–water partition coefficient (Wildman–Crippen LogP) is 4.68. The average molecular weight is 426 g/mol. The molecule has 0 fully saturated rings. The second kappa shape index (κ2) is 9.66. The van der Waals surface area contributed by atoms with Crippen LogP contribution in [0.1, 0.15) is 34.8 Å². The molecule has 1 aliphatic rings. The third-order valence-corrected chi connectivity index (χ3v) is 5.10. The zero-order valence-corrected chi connectivity index (χ0v) is 17.4. The summed E-state index contributed by atoms with van der Waals surface area (Å²) in [6, 6.07) is 8.71. The number of fused-ring (bicyclic) bond motifs is 1. The lowest BCUT2D eigenvalue weighted by Gasteiger charge is -2.21. The van der Waals surface area contributed by atoms with Crippen LogP contribution >= 0.6 is 0 Å². The number of benzene rings is 2. The molecule has 0 unspecified atom stereocenters. The number of nitrogens with one attached hydrogen (secondary N) is 1. The van der Waals surface area contributed by atoms with E-state index in [0.717, 1.165) is 66.7 Å². The van der Waals surface area contributed by atoms with Crippen LogP contribution < -0.4 is 0 Å². The van der Waals surface area contributed by atoms with Crippen molar-refractivity contribution >= 4 is 28.2 Å². The van der Waals surface area contributed by atoms with Gasteiger partial charge in [-0.25, -0.2) is 8.78 Å². The lowest BCUT2D eigenvalue weighted by atomic mass is 9.96. The highest BCUT2D eigenvalue weighted by atomic mass is 19.1. The van der Waals surface area contributed by atoms with E-state index in [4.69, 9.17) is 9.90 Å². The number of rotatable bonds is 4. The molecule has 162 valence electrons. The molecule has 31 heavy (non-hydrogen) atoms. The summed E-state index contributed by atoms with van der Waals surface area (Å²) in [6.45, 7) is 3.01. The quantitative estimate of drug-likeness (QED) is 0.594. The first-order valence-corrected chi connectivity index (χ1v) is 9.90. The van der Waals surface area contributed by atoms with E-state index in [0.29, 0.717) is 0 Å². The Hall–Kier alpha value is -3.32. The highest BCUT2D eigenvalue weighted by Crippen LogP contribution is 2.30. The fraction of sp³-hybridized carbons (Fsp3) is 0.250. The topological polar surface area (TPSA) is 73.4 Å². The molecule has 1 aliphatic heterocycles. The molecule has 0 saturated carbocycles. The summed E-state index contributed by atoms with van der Waals surface area (Å²) in [4.78, 5) is 27.0. The van der Waals surface area contributed by atoms with E-state index in [2.05, 4.69) is 23.0 Å². The number of likely N-dealkylation sites (N-methyl/N-ethyl adjacent to an activating group) is 1. The Balaban J connectivity index is 0.000000628. The van der Waals surface area contributed by atoms with Gasteiger partial charge in [-0.05, 0) is 54.9 Å². The van der Waals surface area contributed by atoms with Crippen molar-refractivity contribution in [1.82, 2.24) is 9.88 Å². The molecule has 0 bridgehead atoms. The molecule has 0 spiro atoms. The van der Waals surface area contributed by atoms with Crippen LogP contribution in [-0.4, -0.2) is 46.9 Å². The summed E-state index contributed by atoms with van der Waals surface area (Å²) in [5.41, 5.74) is 4.01. The van der Waals surface area contributed by atoms with E-state index in [9.17, 15) is 13.6 Å². The van der Waals surface area contributed by atoms with Crippen molar-refractivity contribution in [2.24, 2.45) is 0 Å². The summed E-state index contributed by atoms with van der Waals surface area (Å²) < 4.78 is 27.2. The number of hydrogen-bond donors (Lipinski definition) is 2. The van der Waals surface area contributed by atoms with Crippen LogP contribution in [0.25, 0.3) is 16.5 Å². The Labute approximate surface area is 179 Å². The van der Waals surface area contributed by atoms with Gasteiger partial charge in [-0.3, -0.25) is 9.59 Å². The number of H-pyrrole nitrogens is 1. The van der Waals surface area contributed by atoms with Crippen LogP contribution in [0.4, 0.5) is 8.78 Å². The fourth-order valence-electron chi connectivity index (χ4n) is 3.55.